The first-order chi connectivity index (χ1) is 17.8. The average Bonchev–Trinajstić information content (AvgIpc) is 3.62. The fourth-order valence-electron chi connectivity index (χ4n) is 4.62. The van der Waals surface area contributed by atoms with Crippen molar-refractivity contribution in [2.75, 3.05) is 5.73 Å². The summed E-state index contributed by atoms with van der Waals surface area (Å²) >= 11 is 12.3. The highest BCUT2D eigenvalue weighted by atomic mass is 35.5. The Bertz CT molecular complexity index is 1720. The van der Waals surface area contributed by atoms with Gasteiger partial charge in [0.2, 0.25) is 0 Å². The standard InChI is InChI=1S/C23H17Cl2FN10O/c1-10-6-16(22-28-8-14(30-22)11-2-5-17(27)32-21(11)25)36-18(37)7-13(31-23(10)36)19-15(35-9-29-33-34-35)4-3-12(24)20(19)26/h2-5,7-10,16H,6H2,1H3,(H2,27,32)(H,28,30). The van der Waals surface area contributed by atoms with E-state index in [4.69, 9.17) is 33.9 Å². The molecule has 11 nitrogen and oxygen atoms in total. The molecule has 5 heterocycles. The number of aromatic amines is 1. The molecule has 0 radical (unpaired) electrons. The quantitative estimate of drug-likeness (QED) is 0.328. The molecule has 0 aliphatic carbocycles. The molecule has 14 heteroatoms. The predicted molar refractivity (Wildman–Crippen MR) is 134 cm³/mol. The van der Waals surface area contributed by atoms with Crippen molar-refractivity contribution in [3.05, 3.63) is 80.9 Å². The second-order valence-corrected chi connectivity index (χ2v) is 9.39. The zero-order valence-corrected chi connectivity index (χ0v) is 20.6. The summed E-state index contributed by atoms with van der Waals surface area (Å²) in [6.07, 6.45) is 3.51. The number of nitrogens with two attached hydrogens (primary N) is 1. The molecule has 1 aliphatic heterocycles. The second kappa shape index (κ2) is 8.75. The van der Waals surface area contributed by atoms with Gasteiger partial charge in [0.1, 0.15) is 28.9 Å². The third-order valence-corrected chi connectivity index (χ3v) is 6.89. The van der Waals surface area contributed by atoms with Crippen LogP contribution in [0.1, 0.15) is 37.0 Å². The van der Waals surface area contributed by atoms with Crippen LogP contribution in [0.2, 0.25) is 10.2 Å². The van der Waals surface area contributed by atoms with Crippen molar-refractivity contribution in [1.29, 1.82) is 0 Å². The van der Waals surface area contributed by atoms with Gasteiger partial charge in [-0.1, -0.05) is 30.1 Å². The fourth-order valence-corrected chi connectivity index (χ4v) is 5.04. The molecule has 0 saturated carbocycles. The SMILES string of the molecule is CC1CC(c2ncc(-c3ccc(N)nc3Cl)[nH]2)n2c1nc(-c1c(-n3cnnn3)ccc(Cl)c1F)cc2=O. The van der Waals surface area contributed by atoms with E-state index in [1.54, 1.807) is 29.0 Å². The summed E-state index contributed by atoms with van der Waals surface area (Å²) in [6.45, 7) is 1.95. The van der Waals surface area contributed by atoms with Crippen molar-refractivity contribution < 1.29 is 4.39 Å². The first-order valence-electron chi connectivity index (χ1n) is 11.1. The number of aromatic nitrogens is 9. The van der Waals surface area contributed by atoms with E-state index in [1.165, 1.54) is 23.1 Å². The molecule has 0 fully saturated rings. The molecule has 5 aromatic rings. The van der Waals surface area contributed by atoms with Gasteiger partial charge in [-0.05, 0) is 41.1 Å². The second-order valence-electron chi connectivity index (χ2n) is 8.63. The van der Waals surface area contributed by atoms with Crippen LogP contribution in [0.5, 0.6) is 0 Å². The van der Waals surface area contributed by atoms with Gasteiger partial charge in [-0.25, -0.2) is 19.3 Å². The molecule has 3 N–H and O–H groups in total. The van der Waals surface area contributed by atoms with Crippen LogP contribution in [0.4, 0.5) is 10.2 Å². The number of benzene rings is 1. The van der Waals surface area contributed by atoms with Crippen LogP contribution in [0, 0.1) is 5.82 Å². The van der Waals surface area contributed by atoms with Crippen LogP contribution >= 0.6 is 23.2 Å². The Labute approximate surface area is 218 Å². The molecule has 0 spiro atoms. The normalized spacial score (nSPS) is 16.8. The van der Waals surface area contributed by atoms with Crippen LogP contribution in [0.15, 0.2) is 47.7 Å². The minimum Gasteiger partial charge on any atom is -0.384 e. The number of nitrogen functional groups attached to an aromatic ring is 1. The monoisotopic (exact) mass is 538 g/mol. The van der Waals surface area contributed by atoms with Gasteiger partial charge in [0.15, 0.2) is 5.82 Å². The summed E-state index contributed by atoms with van der Waals surface area (Å²) in [5.41, 5.74) is 7.07. The number of H-pyrrole nitrogens is 1. The first kappa shape index (κ1) is 23.3. The number of hydrogen-bond donors (Lipinski definition) is 2. The lowest BCUT2D eigenvalue weighted by Crippen LogP contribution is -2.25. The molecule has 0 amide bonds. The fraction of sp³-hybridized carbons (Fsp3) is 0.174. The van der Waals surface area contributed by atoms with E-state index in [2.05, 4.69) is 30.5 Å². The van der Waals surface area contributed by atoms with E-state index in [9.17, 15) is 4.79 Å². The van der Waals surface area contributed by atoms with E-state index >= 15 is 4.39 Å². The largest absolute Gasteiger partial charge is 0.384 e. The van der Waals surface area contributed by atoms with Crippen LogP contribution in [-0.4, -0.2) is 44.7 Å². The number of anilines is 1. The van der Waals surface area contributed by atoms with Crippen molar-refractivity contribution in [2.45, 2.75) is 25.3 Å². The van der Waals surface area contributed by atoms with Crippen LogP contribution in [0.25, 0.3) is 28.2 Å². The lowest BCUT2D eigenvalue weighted by Gasteiger charge is -2.15. The molecule has 2 atom stereocenters. The molecule has 1 aromatic carbocycles. The number of hydrogen-bond acceptors (Lipinski definition) is 8. The van der Waals surface area contributed by atoms with Gasteiger partial charge >= 0.3 is 0 Å². The Kier molecular flexibility index (Phi) is 5.50. The zero-order chi connectivity index (χ0) is 25.8. The molecule has 6 rings (SSSR count). The Balaban J connectivity index is 1.44. The molecule has 2 unspecified atom stereocenters. The van der Waals surface area contributed by atoms with E-state index in [0.717, 1.165) is 0 Å². The molecular weight excluding hydrogens is 522 g/mol. The smallest absolute Gasteiger partial charge is 0.254 e. The first-order valence-corrected chi connectivity index (χ1v) is 11.9. The van der Waals surface area contributed by atoms with E-state index in [0.29, 0.717) is 40.8 Å². The number of halogens is 3. The van der Waals surface area contributed by atoms with Gasteiger partial charge in [-0.3, -0.25) is 9.36 Å². The number of rotatable bonds is 4. The summed E-state index contributed by atoms with van der Waals surface area (Å²) in [4.78, 5) is 29.9. The maximum atomic E-state index is 15.3. The Hall–Kier alpha value is -4.16. The number of nitrogens with one attached hydrogen (secondary N) is 1. The maximum absolute atomic E-state index is 15.3. The van der Waals surface area contributed by atoms with Crippen molar-refractivity contribution >= 4 is 29.0 Å². The lowest BCUT2D eigenvalue weighted by molar-refractivity contribution is 0.555. The number of imidazole rings is 1. The van der Waals surface area contributed by atoms with Crippen molar-refractivity contribution in [1.82, 2.24) is 44.7 Å². The summed E-state index contributed by atoms with van der Waals surface area (Å²) in [6, 6.07) is 7.22. The summed E-state index contributed by atoms with van der Waals surface area (Å²) < 4.78 is 18.1. The van der Waals surface area contributed by atoms with E-state index < -0.39 is 11.9 Å². The lowest BCUT2D eigenvalue weighted by atomic mass is 10.1. The van der Waals surface area contributed by atoms with Gasteiger partial charge < -0.3 is 10.7 Å². The highest BCUT2D eigenvalue weighted by molar-refractivity contribution is 6.32. The Morgan fingerprint density at radius 1 is 1.19 bits per heavy atom. The van der Waals surface area contributed by atoms with Gasteiger partial charge in [0.05, 0.1) is 39.9 Å². The van der Waals surface area contributed by atoms with Crippen LogP contribution in [0.3, 0.4) is 0 Å². The van der Waals surface area contributed by atoms with E-state index in [1.807, 2.05) is 6.92 Å². The number of nitrogens with zero attached hydrogens (tertiary/aromatic N) is 8. The highest BCUT2D eigenvalue weighted by Gasteiger charge is 2.34. The van der Waals surface area contributed by atoms with E-state index in [-0.39, 0.29) is 32.9 Å². The molecule has 0 bridgehead atoms. The Morgan fingerprint density at radius 2 is 2.03 bits per heavy atom. The molecular formula is C23H17Cl2FN10O. The third-order valence-electron chi connectivity index (χ3n) is 6.31. The minimum atomic E-state index is -0.724. The van der Waals surface area contributed by atoms with Gasteiger partial charge in [-0.2, -0.15) is 4.68 Å². The molecule has 4 aromatic heterocycles. The molecule has 37 heavy (non-hydrogen) atoms. The minimum absolute atomic E-state index is 0.0294. The maximum Gasteiger partial charge on any atom is 0.254 e. The average molecular weight is 539 g/mol. The molecule has 0 saturated heterocycles. The summed E-state index contributed by atoms with van der Waals surface area (Å²) in [5, 5.41) is 11.2. The van der Waals surface area contributed by atoms with Crippen molar-refractivity contribution in [2.24, 2.45) is 0 Å². The van der Waals surface area contributed by atoms with Gasteiger partial charge in [0.25, 0.3) is 5.56 Å². The predicted octanol–water partition coefficient (Wildman–Crippen LogP) is 3.80. The Morgan fingerprint density at radius 3 is 2.78 bits per heavy atom. The molecule has 1 aliphatic rings. The number of fused-ring (bicyclic) bond motifs is 1. The highest BCUT2D eigenvalue weighted by Crippen LogP contribution is 2.39. The van der Waals surface area contributed by atoms with Gasteiger partial charge in [-0.15, -0.1) is 5.10 Å². The summed E-state index contributed by atoms with van der Waals surface area (Å²) in [5.74, 6) is 0.526. The van der Waals surface area contributed by atoms with Crippen LogP contribution < -0.4 is 11.3 Å². The van der Waals surface area contributed by atoms with Crippen molar-refractivity contribution in [3.63, 3.8) is 0 Å². The summed E-state index contributed by atoms with van der Waals surface area (Å²) in [7, 11) is 0. The third kappa shape index (κ3) is 3.85. The van der Waals surface area contributed by atoms with Crippen molar-refractivity contribution in [3.8, 4) is 28.2 Å². The topological polar surface area (TPSA) is 146 Å². The number of tetrazole rings is 1. The van der Waals surface area contributed by atoms with Gasteiger partial charge in [0, 0.05) is 17.5 Å². The van der Waals surface area contributed by atoms with Crippen LogP contribution in [-0.2, 0) is 0 Å². The molecule has 186 valence electrons. The zero-order valence-electron chi connectivity index (χ0n) is 19.1. The number of pyridine rings is 1.